The Morgan fingerprint density at radius 1 is 1.10 bits per heavy atom. The summed E-state index contributed by atoms with van der Waals surface area (Å²) in [7, 11) is 0. The lowest BCUT2D eigenvalue weighted by Gasteiger charge is -2.21. The summed E-state index contributed by atoms with van der Waals surface area (Å²) in [4.78, 5) is 23.6. The van der Waals surface area contributed by atoms with Gasteiger partial charge >= 0.3 is 0 Å². The minimum atomic E-state index is -0.928. The molecular weight excluding hydrogens is 256 g/mol. The fraction of sp³-hybridized carbons (Fsp3) is 0.500. The molecule has 1 saturated carbocycles. The fourth-order valence-electron chi connectivity index (χ4n) is 2.39. The van der Waals surface area contributed by atoms with Crippen molar-refractivity contribution in [3.05, 3.63) is 35.3 Å². The third-order valence-corrected chi connectivity index (χ3v) is 3.79. The Bertz CT molecular complexity index is 477. The van der Waals surface area contributed by atoms with Crippen molar-refractivity contribution < 1.29 is 19.8 Å². The van der Waals surface area contributed by atoms with E-state index in [1.165, 1.54) is 12.5 Å². The van der Waals surface area contributed by atoms with Crippen molar-refractivity contribution >= 4 is 11.6 Å². The zero-order chi connectivity index (χ0) is 15.3. The van der Waals surface area contributed by atoms with Crippen LogP contribution in [-0.2, 0) is 9.59 Å². The molecule has 1 aliphatic carbocycles. The predicted molar refractivity (Wildman–Crippen MR) is 77.4 cm³/mol. The lowest BCUT2D eigenvalue weighted by molar-refractivity contribution is -0.120. The van der Waals surface area contributed by atoms with Gasteiger partial charge < -0.3 is 10.2 Å². The maximum absolute atomic E-state index is 12.3. The summed E-state index contributed by atoms with van der Waals surface area (Å²) in [6.07, 6.45) is 6.36. The Balaban J connectivity index is 2.88. The first-order valence-corrected chi connectivity index (χ1v) is 6.89. The van der Waals surface area contributed by atoms with Crippen molar-refractivity contribution in [3.8, 4) is 0 Å². The van der Waals surface area contributed by atoms with E-state index in [0.717, 1.165) is 25.7 Å². The Hall–Kier alpha value is -1.84. The number of carbonyl (C=O) groups is 2. The van der Waals surface area contributed by atoms with E-state index >= 15 is 0 Å². The second-order valence-electron chi connectivity index (χ2n) is 5.31. The molecule has 0 atom stereocenters. The molecule has 1 aliphatic rings. The van der Waals surface area contributed by atoms with Crippen LogP contribution in [0.5, 0.6) is 0 Å². The first-order chi connectivity index (χ1) is 9.34. The van der Waals surface area contributed by atoms with Crippen molar-refractivity contribution in [3.63, 3.8) is 0 Å². The molecule has 4 nitrogen and oxygen atoms in total. The molecule has 0 aliphatic heterocycles. The Morgan fingerprint density at radius 2 is 1.65 bits per heavy atom. The maximum atomic E-state index is 12.3. The van der Waals surface area contributed by atoms with Gasteiger partial charge in [0.2, 0.25) is 0 Å². The van der Waals surface area contributed by atoms with Gasteiger partial charge in [-0.05, 0) is 43.9 Å². The van der Waals surface area contributed by atoms with Gasteiger partial charge in [-0.3, -0.25) is 9.59 Å². The van der Waals surface area contributed by atoms with Gasteiger partial charge in [0.25, 0.3) is 5.78 Å². The van der Waals surface area contributed by atoms with Crippen LogP contribution in [0.2, 0.25) is 0 Å². The molecule has 0 aromatic carbocycles. The van der Waals surface area contributed by atoms with Crippen LogP contribution in [0.15, 0.2) is 35.3 Å². The van der Waals surface area contributed by atoms with Gasteiger partial charge in [0.1, 0.15) is 0 Å². The Kier molecular flexibility index (Phi) is 5.74. The third kappa shape index (κ3) is 4.08. The average molecular weight is 278 g/mol. The summed E-state index contributed by atoms with van der Waals surface area (Å²) >= 11 is 0. The highest BCUT2D eigenvalue weighted by Gasteiger charge is 2.23. The van der Waals surface area contributed by atoms with E-state index in [1.807, 2.05) is 0 Å². The average Bonchev–Trinajstić information content (AvgIpc) is 2.45. The van der Waals surface area contributed by atoms with Crippen LogP contribution in [0.1, 0.15) is 46.0 Å². The summed E-state index contributed by atoms with van der Waals surface area (Å²) in [5.41, 5.74) is 1.09. The highest BCUT2D eigenvalue weighted by Crippen LogP contribution is 2.27. The molecule has 0 unspecified atom stereocenters. The summed E-state index contributed by atoms with van der Waals surface area (Å²) in [5.74, 6) is -2.12. The van der Waals surface area contributed by atoms with E-state index in [1.54, 1.807) is 13.8 Å². The van der Waals surface area contributed by atoms with Crippen molar-refractivity contribution in [1.29, 1.82) is 0 Å². The standard InChI is InChI=1S/C16H22O4/c1-10(9-14(18)16(20)12(3)17)11(2)15(19)13-7-5-4-6-8-13/h9,13,17-18H,3-8H2,1-2H3/b11-10+,14-9+. The van der Waals surface area contributed by atoms with Gasteiger partial charge in [-0.15, -0.1) is 0 Å². The van der Waals surface area contributed by atoms with Gasteiger partial charge in [0.05, 0.1) is 0 Å². The highest BCUT2D eigenvalue weighted by atomic mass is 16.3. The molecule has 1 fully saturated rings. The quantitative estimate of drug-likeness (QED) is 0.458. The molecule has 0 bridgehead atoms. The first-order valence-electron chi connectivity index (χ1n) is 6.89. The number of ketones is 2. The minimum absolute atomic E-state index is 0.0535. The molecule has 2 N–H and O–H groups in total. The van der Waals surface area contributed by atoms with Crippen LogP contribution in [-0.4, -0.2) is 21.8 Å². The van der Waals surface area contributed by atoms with Crippen molar-refractivity contribution in [2.24, 2.45) is 5.92 Å². The first kappa shape index (κ1) is 16.2. The third-order valence-electron chi connectivity index (χ3n) is 3.79. The van der Waals surface area contributed by atoms with Crippen LogP contribution in [0.25, 0.3) is 0 Å². The summed E-state index contributed by atoms with van der Waals surface area (Å²) in [5, 5.41) is 18.5. The molecule has 0 amide bonds. The van der Waals surface area contributed by atoms with Gasteiger partial charge in [-0.25, -0.2) is 0 Å². The normalized spacial score (nSPS) is 18.4. The SMILES string of the molecule is C=C(O)C(=O)/C(O)=C\C(C)=C(/C)C(=O)C1CCCCC1. The van der Waals surface area contributed by atoms with Crippen LogP contribution in [0, 0.1) is 5.92 Å². The zero-order valence-corrected chi connectivity index (χ0v) is 12.1. The number of allylic oxidation sites excluding steroid dienone is 3. The zero-order valence-electron chi connectivity index (χ0n) is 12.1. The second-order valence-corrected chi connectivity index (χ2v) is 5.31. The maximum Gasteiger partial charge on any atom is 0.260 e. The van der Waals surface area contributed by atoms with Gasteiger partial charge in [0.15, 0.2) is 17.3 Å². The largest absolute Gasteiger partial charge is 0.504 e. The van der Waals surface area contributed by atoms with E-state index in [4.69, 9.17) is 5.11 Å². The molecular formula is C16H22O4. The van der Waals surface area contributed by atoms with Gasteiger partial charge in [-0.1, -0.05) is 25.8 Å². The molecule has 0 aromatic heterocycles. The van der Waals surface area contributed by atoms with Crippen LogP contribution >= 0.6 is 0 Å². The molecule has 0 spiro atoms. The lowest BCUT2D eigenvalue weighted by atomic mass is 9.83. The molecule has 110 valence electrons. The number of aliphatic hydroxyl groups is 2. The van der Waals surface area contributed by atoms with E-state index in [0.29, 0.717) is 11.1 Å². The Morgan fingerprint density at radius 3 is 2.15 bits per heavy atom. The van der Waals surface area contributed by atoms with Gasteiger partial charge in [0, 0.05) is 5.92 Å². The number of rotatable bonds is 5. The highest BCUT2D eigenvalue weighted by molar-refractivity contribution is 6.05. The molecule has 0 heterocycles. The number of carbonyl (C=O) groups excluding carboxylic acids is 2. The lowest BCUT2D eigenvalue weighted by Crippen LogP contribution is -2.19. The van der Waals surface area contributed by atoms with E-state index in [-0.39, 0.29) is 11.7 Å². The van der Waals surface area contributed by atoms with E-state index < -0.39 is 17.3 Å². The van der Waals surface area contributed by atoms with E-state index in [2.05, 4.69) is 6.58 Å². The Labute approximate surface area is 119 Å². The van der Waals surface area contributed by atoms with Gasteiger partial charge in [-0.2, -0.15) is 0 Å². The van der Waals surface area contributed by atoms with Crippen molar-refractivity contribution in [2.75, 3.05) is 0 Å². The van der Waals surface area contributed by atoms with Crippen LogP contribution in [0.3, 0.4) is 0 Å². The predicted octanol–water partition coefficient (Wildman–Crippen LogP) is 3.55. The molecule has 0 saturated heterocycles. The fourth-order valence-corrected chi connectivity index (χ4v) is 2.39. The number of hydrogen-bond donors (Lipinski definition) is 2. The summed E-state index contributed by atoms with van der Waals surface area (Å²) in [6.45, 7) is 6.43. The minimum Gasteiger partial charge on any atom is -0.504 e. The molecule has 0 aromatic rings. The van der Waals surface area contributed by atoms with E-state index in [9.17, 15) is 14.7 Å². The smallest absolute Gasteiger partial charge is 0.260 e. The monoisotopic (exact) mass is 278 g/mol. The number of hydrogen-bond acceptors (Lipinski definition) is 4. The summed E-state index contributed by atoms with van der Waals surface area (Å²) < 4.78 is 0. The molecule has 20 heavy (non-hydrogen) atoms. The molecule has 0 radical (unpaired) electrons. The summed E-state index contributed by atoms with van der Waals surface area (Å²) in [6, 6.07) is 0. The number of aliphatic hydroxyl groups excluding tert-OH is 2. The topological polar surface area (TPSA) is 74.6 Å². The second kappa shape index (κ2) is 7.08. The molecule has 1 rings (SSSR count). The molecule has 4 heteroatoms. The van der Waals surface area contributed by atoms with Crippen molar-refractivity contribution in [2.45, 2.75) is 46.0 Å². The number of Topliss-reactive ketones (excluding diaryl/α,β-unsaturated/α-hetero) is 2. The van der Waals surface area contributed by atoms with Crippen LogP contribution < -0.4 is 0 Å². The van der Waals surface area contributed by atoms with Crippen molar-refractivity contribution in [1.82, 2.24) is 0 Å². The van der Waals surface area contributed by atoms with Crippen LogP contribution in [0.4, 0.5) is 0 Å².